The van der Waals surface area contributed by atoms with Gasteiger partial charge in [-0.05, 0) is 37.3 Å². The minimum Gasteiger partial charge on any atom is -0.478 e. The van der Waals surface area contributed by atoms with Gasteiger partial charge in [-0.2, -0.15) is 0 Å². The average molecular weight is 284 g/mol. The first-order chi connectivity index (χ1) is 10.2. The molecule has 0 amide bonds. The number of fused-ring (bicyclic) bond motifs is 1. The number of carboxylic acid groups (broad SMARTS) is 1. The summed E-state index contributed by atoms with van der Waals surface area (Å²) in [5, 5.41) is 10.4. The fraction of sp³-hybridized carbons (Fsp3) is 0.412. The van der Waals surface area contributed by atoms with E-state index < -0.39 is 5.97 Å². The van der Waals surface area contributed by atoms with Crippen LogP contribution in [0.2, 0.25) is 0 Å². The van der Waals surface area contributed by atoms with Crippen molar-refractivity contribution in [1.29, 1.82) is 0 Å². The summed E-state index contributed by atoms with van der Waals surface area (Å²) < 4.78 is 0. The van der Waals surface area contributed by atoms with Crippen molar-refractivity contribution >= 4 is 22.7 Å². The lowest BCUT2D eigenvalue weighted by Gasteiger charge is -2.25. The smallest absolute Gasteiger partial charge is 0.339 e. The molecule has 1 saturated carbocycles. The molecule has 1 heterocycles. The summed E-state index contributed by atoms with van der Waals surface area (Å²) in [4.78, 5) is 18.4. The number of anilines is 1. The zero-order valence-corrected chi connectivity index (χ0v) is 12.2. The molecule has 2 aromatic rings. The van der Waals surface area contributed by atoms with Gasteiger partial charge in [0.2, 0.25) is 0 Å². The van der Waals surface area contributed by atoms with Crippen LogP contribution in [0.3, 0.4) is 0 Å². The van der Waals surface area contributed by atoms with Gasteiger partial charge in [-0.25, -0.2) is 9.78 Å². The number of hydrogen-bond acceptors (Lipinski definition) is 3. The first-order valence-electron chi connectivity index (χ1n) is 7.57. The lowest BCUT2D eigenvalue weighted by molar-refractivity contribution is 0.0697. The number of hydrogen-bond donors (Lipinski definition) is 1. The van der Waals surface area contributed by atoms with Crippen LogP contribution in [0.1, 0.15) is 36.5 Å². The highest BCUT2D eigenvalue weighted by atomic mass is 16.4. The minimum atomic E-state index is -0.903. The third-order valence-electron chi connectivity index (χ3n) is 3.90. The molecule has 0 bridgehead atoms. The van der Waals surface area contributed by atoms with E-state index in [0.29, 0.717) is 17.3 Å². The van der Waals surface area contributed by atoms with Crippen molar-refractivity contribution in [3.63, 3.8) is 0 Å². The molecule has 1 aromatic heterocycles. The summed E-state index contributed by atoms with van der Waals surface area (Å²) in [7, 11) is 0. The molecule has 1 N–H and O–H groups in total. The fourth-order valence-corrected chi connectivity index (χ4v) is 2.67. The standard InChI is InChI=1S/C17H20N2O2/c1-2-9-19(11-12-7-8-12)16-14(17(20)21)10-13-5-3-4-6-15(13)18-16/h3-6,10,12H,2,7-9,11H2,1H3,(H,20,21). The van der Waals surface area contributed by atoms with Gasteiger partial charge in [0.15, 0.2) is 0 Å². The van der Waals surface area contributed by atoms with E-state index in [1.54, 1.807) is 6.07 Å². The Kier molecular flexibility index (Phi) is 3.78. The predicted molar refractivity (Wildman–Crippen MR) is 83.9 cm³/mol. The zero-order valence-electron chi connectivity index (χ0n) is 12.2. The Balaban J connectivity index is 2.07. The van der Waals surface area contributed by atoms with Gasteiger partial charge in [0.25, 0.3) is 0 Å². The second kappa shape index (κ2) is 5.72. The number of benzene rings is 1. The molecule has 0 radical (unpaired) electrons. The lowest BCUT2D eigenvalue weighted by Crippen LogP contribution is -2.29. The number of pyridine rings is 1. The third-order valence-corrected chi connectivity index (χ3v) is 3.90. The van der Waals surface area contributed by atoms with Gasteiger partial charge >= 0.3 is 5.97 Å². The van der Waals surface area contributed by atoms with Crippen LogP contribution in [0.25, 0.3) is 10.9 Å². The van der Waals surface area contributed by atoms with Crippen LogP contribution in [0.4, 0.5) is 5.82 Å². The highest BCUT2D eigenvalue weighted by Gasteiger charge is 2.27. The van der Waals surface area contributed by atoms with Crippen molar-refractivity contribution in [2.45, 2.75) is 26.2 Å². The fourth-order valence-electron chi connectivity index (χ4n) is 2.67. The molecule has 4 heteroatoms. The third kappa shape index (κ3) is 2.99. The lowest BCUT2D eigenvalue weighted by atomic mass is 10.1. The molecule has 1 fully saturated rings. The van der Waals surface area contributed by atoms with Crippen LogP contribution >= 0.6 is 0 Å². The molecule has 3 rings (SSSR count). The largest absolute Gasteiger partial charge is 0.478 e. The van der Waals surface area contributed by atoms with Crippen molar-refractivity contribution in [3.05, 3.63) is 35.9 Å². The maximum absolute atomic E-state index is 11.6. The number of carboxylic acids is 1. The van der Waals surface area contributed by atoms with E-state index in [0.717, 1.165) is 30.4 Å². The summed E-state index contributed by atoms with van der Waals surface area (Å²) in [5.74, 6) is 0.418. The van der Waals surface area contributed by atoms with Crippen molar-refractivity contribution in [2.24, 2.45) is 5.92 Å². The van der Waals surface area contributed by atoms with Crippen molar-refractivity contribution in [2.75, 3.05) is 18.0 Å². The highest BCUT2D eigenvalue weighted by Crippen LogP contribution is 2.32. The van der Waals surface area contributed by atoms with Gasteiger partial charge in [0.1, 0.15) is 11.4 Å². The highest BCUT2D eigenvalue weighted by molar-refractivity contribution is 5.98. The van der Waals surface area contributed by atoms with E-state index in [1.165, 1.54) is 12.8 Å². The summed E-state index contributed by atoms with van der Waals surface area (Å²) >= 11 is 0. The number of carbonyl (C=O) groups is 1. The van der Waals surface area contributed by atoms with Gasteiger partial charge in [-0.3, -0.25) is 0 Å². The molecular weight excluding hydrogens is 264 g/mol. The second-order valence-corrected chi connectivity index (χ2v) is 5.75. The zero-order chi connectivity index (χ0) is 14.8. The summed E-state index contributed by atoms with van der Waals surface area (Å²) in [6.45, 7) is 3.88. The van der Waals surface area contributed by atoms with E-state index in [4.69, 9.17) is 0 Å². The Morgan fingerprint density at radius 1 is 1.38 bits per heavy atom. The van der Waals surface area contributed by atoms with Gasteiger partial charge in [0.05, 0.1) is 5.52 Å². The molecule has 0 unspecified atom stereocenters. The minimum absolute atomic E-state index is 0.308. The molecule has 0 atom stereocenters. The van der Waals surface area contributed by atoms with Gasteiger partial charge in [-0.15, -0.1) is 0 Å². The maximum Gasteiger partial charge on any atom is 0.339 e. The first kappa shape index (κ1) is 13.9. The Morgan fingerprint density at radius 2 is 2.14 bits per heavy atom. The summed E-state index contributed by atoms with van der Waals surface area (Å²) in [6, 6.07) is 9.43. The van der Waals surface area contributed by atoms with Crippen molar-refractivity contribution in [1.82, 2.24) is 4.98 Å². The number of rotatable bonds is 6. The van der Waals surface area contributed by atoms with Crippen LogP contribution in [-0.2, 0) is 0 Å². The molecule has 0 aliphatic heterocycles. The normalized spacial score (nSPS) is 14.3. The predicted octanol–water partition coefficient (Wildman–Crippen LogP) is 3.56. The molecule has 1 aliphatic rings. The van der Waals surface area contributed by atoms with Gasteiger partial charge in [-0.1, -0.05) is 25.1 Å². The molecule has 0 saturated heterocycles. The van der Waals surface area contributed by atoms with Crippen molar-refractivity contribution in [3.8, 4) is 0 Å². The quantitative estimate of drug-likeness (QED) is 0.881. The van der Waals surface area contributed by atoms with Crippen molar-refractivity contribution < 1.29 is 9.90 Å². The maximum atomic E-state index is 11.6. The van der Waals surface area contributed by atoms with E-state index in [1.807, 2.05) is 24.3 Å². The Labute approximate surface area is 124 Å². The molecule has 1 aliphatic carbocycles. The Morgan fingerprint density at radius 3 is 2.81 bits per heavy atom. The SMILES string of the molecule is CCCN(CC1CC1)c1nc2ccccc2cc1C(=O)O. The van der Waals surface area contributed by atoms with E-state index in [-0.39, 0.29) is 0 Å². The number of aromatic nitrogens is 1. The van der Waals surface area contributed by atoms with Crippen LogP contribution in [0.5, 0.6) is 0 Å². The van der Waals surface area contributed by atoms with Crippen LogP contribution in [0, 0.1) is 5.92 Å². The van der Waals surface area contributed by atoms with Gasteiger partial charge in [0, 0.05) is 18.5 Å². The summed E-state index contributed by atoms with van der Waals surface area (Å²) in [6.07, 6.45) is 3.48. The Hall–Kier alpha value is -2.10. The monoisotopic (exact) mass is 284 g/mol. The topological polar surface area (TPSA) is 53.4 Å². The first-order valence-corrected chi connectivity index (χ1v) is 7.57. The molecular formula is C17H20N2O2. The number of para-hydroxylation sites is 1. The number of nitrogens with zero attached hydrogens (tertiary/aromatic N) is 2. The molecule has 1 aromatic carbocycles. The Bertz CT molecular complexity index is 665. The average Bonchev–Trinajstić information content (AvgIpc) is 3.29. The van der Waals surface area contributed by atoms with Crippen LogP contribution < -0.4 is 4.90 Å². The van der Waals surface area contributed by atoms with E-state index in [2.05, 4.69) is 16.8 Å². The molecule has 4 nitrogen and oxygen atoms in total. The van der Waals surface area contributed by atoms with E-state index >= 15 is 0 Å². The molecule has 110 valence electrons. The summed E-state index contributed by atoms with van der Waals surface area (Å²) in [5.41, 5.74) is 1.16. The molecule has 0 spiro atoms. The molecule has 21 heavy (non-hydrogen) atoms. The number of aromatic carboxylic acids is 1. The van der Waals surface area contributed by atoms with E-state index in [9.17, 15) is 9.90 Å². The second-order valence-electron chi connectivity index (χ2n) is 5.75. The van der Waals surface area contributed by atoms with Crippen LogP contribution in [-0.4, -0.2) is 29.1 Å². The van der Waals surface area contributed by atoms with Gasteiger partial charge < -0.3 is 10.0 Å². The van der Waals surface area contributed by atoms with Crippen LogP contribution in [0.15, 0.2) is 30.3 Å².